The number of hydrogen-bond acceptors (Lipinski definition) is 3. The molecule has 1 aliphatic rings. The minimum Gasteiger partial charge on any atom is -0.399 e. The number of benzene rings is 3. The second-order valence-electron chi connectivity index (χ2n) is 10.7. The molecule has 0 radical (unpaired) electrons. The molecule has 0 aliphatic carbocycles. The van der Waals surface area contributed by atoms with E-state index in [4.69, 9.17) is 5.73 Å². The summed E-state index contributed by atoms with van der Waals surface area (Å²) in [5, 5.41) is 3.17. The number of rotatable bonds is 5. The Labute approximate surface area is 208 Å². The molecule has 0 saturated carbocycles. The molecule has 4 rings (SSSR count). The topological polar surface area (TPSA) is 58.4 Å². The first-order valence-corrected chi connectivity index (χ1v) is 12.4. The molecule has 1 amide bonds. The van der Waals surface area contributed by atoms with E-state index in [9.17, 15) is 9.18 Å². The van der Waals surface area contributed by atoms with Crippen molar-refractivity contribution in [2.45, 2.75) is 58.5 Å². The molecular weight excluding hydrogens is 437 g/mol. The van der Waals surface area contributed by atoms with Gasteiger partial charge in [0.05, 0.1) is 5.92 Å². The fourth-order valence-electron chi connectivity index (χ4n) is 5.07. The Kier molecular flexibility index (Phi) is 7.27. The van der Waals surface area contributed by atoms with E-state index in [0.29, 0.717) is 17.8 Å². The van der Waals surface area contributed by atoms with Gasteiger partial charge in [0.25, 0.3) is 0 Å². The van der Waals surface area contributed by atoms with Crippen LogP contribution in [0.5, 0.6) is 0 Å². The van der Waals surface area contributed by atoms with Crippen LogP contribution >= 0.6 is 0 Å². The number of amides is 1. The average Bonchev–Trinajstić information content (AvgIpc) is 2.81. The van der Waals surface area contributed by atoms with Gasteiger partial charge in [-0.05, 0) is 78.7 Å². The number of nitrogen functional groups attached to an aromatic ring is 1. The highest BCUT2D eigenvalue weighted by atomic mass is 19.1. The molecule has 1 aliphatic heterocycles. The van der Waals surface area contributed by atoms with E-state index in [0.717, 1.165) is 36.2 Å². The molecule has 5 heteroatoms. The first-order chi connectivity index (χ1) is 16.6. The van der Waals surface area contributed by atoms with Crippen LogP contribution < -0.4 is 11.1 Å². The number of halogens is 1. The number of likely N-dealkylation sites (tertiary alicyclic amines) is 1. The molecule has 1 heterocycles. The monoisotopic (exact) mass is 473 g/mol. The Balaban J connectivity index is 1.66. The van der Waals surface area contributed by atoms with Crippen LogP contribution in [0.25, 0.3) is 0 Å². The van der Waals surface area contributed by atoms with Gasteiger partial charge in [0.15, 0.2) is 0 Å². The molecule has 0 spiro atoms. The molecular formula is C30H36FN3O. The molecule has 1 fully saturated rings. The van der Waals surface area contributed by atoms with E-state index in [1.54, 1.807) is 6.07 Å². The lowest BCUT2D eigenvalue weighted by Gasteiger charge is -2.41. The van der Waals surface area contributed by atoms with Crippen LogP contribution in [0.3, 0.4) is 0 Å². The number of carbonyl (C=O) groups is 1. The van der Waals surface area contributed by atoms with Gasteiger partial charge in [-0.3, -0.25) is 9.69 Å². The lowest BCUT2D eigenvalue weighted by molar-refractivity contribution is -0.124. The second-order valence-corrected chi connectivity index (χ2v) is 10.7. The lowest BCUT2D eigenvalue weighted by atomic mass is 9.83. The van der Waals surface area contributed by atoms with Crippen LogP contribution in [0.4, 0.5) is 15.8 Å². The second kappa shape index (κ2) is 10.2. The number of anilines is 2. The predicted octanol–water partition coefficient (Wildman–Crippen LogP) is 6.61. The summed E-state index contributed by atoms with van der Waals surface area (Å²) in [7, 11) is 0. The van der Waals surface area contributed by atoms with E-state index in [1.165, 1.54) is 11.6 Å². The lowest BCUT2D eigenvalue weighted by Crippen LogP contribution is -2.43. The highest BCUT2D eigenvalue weighted by Gasteiger charge is 2.37. The van der Waals surface area contributed by atoms with Crippen molar-refractivity contribution in [1.29, 1.82) is 0 Å². The highest BCUT2D eigenvalue weighted by molar-refractivity contribution is 5.93. The highest BCUT2D eigenvalue weighted by Crippen LogP contribution is 2.39. The fraction of sp³-hybridized carbons (Fsp3) is 0.367. The molecule has 184 valence electrons. The molecule has 0 aromatic heterocycles. The van der Waals surface area contributed by atoms with Crippen molar-refractivity contribution in [2.24, 2.45) is 5.92 Å². The quantitative estimate of drug-likeness (QED) is 0.410. The van der Waals surface area contributed by atoms with Crippen molar-refractivity contribution in [3.8, 4) is 0 Å². The van der Waals surface area contributed by atoms with Crippen molar-refractivity contribution >= 4 is 17.3 Å². The third-order valence-corrected chi connectivity index (χ3v) is 7.03. The van der Waals surface area contributed by atoms with Crippen LogP contribution in [0.2, 0.25) is 0 Å². The van der Waals surface area contributed by atoms with Crippen molar-refractivity contribution in [3.63, 3.8) is 0 Å². The summed E-state index contributed by atoms with van der Waals surface area (Å²) in [4.78, 5) is 15.9. The number of nitrogens with two attached hydrogens (primary N) is 1. The first kappa shape index (κ1) is 24.9. The van der Waals surface area contributed by atoms with Gasteiger partial charge in [0.2, 0.25) is 5.91 Å². The Bertz CT molecular complexity index is 1180. The van der Waals surface area contributed by atoms with E-state index in [1.807, 2.05) is 49.4 Å². The van der Waals surface area contributed by atoms with E-state index >= 15 is 0 Å². The van der Waals surface area contributed by atoms with Gasteiger partial charge in [-0.2, -0.15) is 0 Å². The van der Waals surface area contributed by atoms with Crippen LogP contribution in [0.15, 0.2) is 66.7 Å². The maximum Gasteiger partial charge on any atom is 0.229 e. The SMILES string of the molecule is Cc1cccc(F)c1CN1CCCC(C(=O)Nc2cccc(C(C)(C)C)c2)[C@@H]1c1cccc(N)c1. The smallest absolute Gasteiger partial charge is 0.229 e. The Morgan fingerprint density at radius 3 is 2.54 bits per heavy atom. The van der Waals surface area contributed by atoms with E-state index in [-0.39, 0.29) is 29.1 Å². The van der Waals surface area contributed by atoms with Crippen LogP contribution in [0.1, 0.15) is 61.9 Å². The molecule has 0 bridgehead atoms. The van der Waals surface area contributed by atoms with Gasteiger partial charge >= 0.3 is 0 Å². The summed E-state index contributed by atoms with van der Waals surface area (Å²) in [6.07, 6.45) is 1.63. The number of nitrogens with zero attached hydrogens (tertiary/aromatic N) is 1. The minimum atomic E-state index is -0.282. The third kappa shape index (κ3) is 5.73. The normalized spacial score (nSPS) is 18.9. The molecule has 1 unspecified atom stereocenters. The maximum absolute atomic E-state index is 14.8. The van der Waals surface area contributed by atoms with E-state index in [2.05, 4.69) is 43.1 Å². The maximum atomic E-state index is 14.8. The average molecular weight is 474 g/mol. The molecule has 3 aromatic rings. The van der Waals surface area contributed by atoms with Gasteiger partial charge < -0.3 is 11.1 Å². The molecule has 2 atom stereocenters. The molecule has 3 aromatic carbocycles. The molecule has 1 saturated heterocycles. The third-order valence-electron chi connectivity index (χ3n) is 7.03. The van der Waals surface area contributed by atoms with Gasteiger partial charge in [0, 0.05) is 29.5 Å². The standard InChI is InChI=1S/C30H36FN3O/c1-20-9-5-15-27(31)26(20)19-34-16-8-14-25(28(34)21-10-6-12-23(32)17-21)29(35)33-24-13-7-11-22(18-24)30(2,3)4/h5-7,9-13,15,17-18,25,28H,8,14,16,19,32H2,1-4H3,(H,33,35)/t25?,28-/m0/s1. The van der Waals surface area contributed by atoms with Crippen molar-refractivity contribution in [2.75, 3.05) is 17.6 Å². The predicted molar refractivity (Wildman–Crippen MR) is 142 cm³/mol. The zero-order valence-electron chi connectivity index (χ0n) is 21.1. The van der Waals surface area contributed by atoms with Crippen molar-refractivity contribution in [1.82, 2.24) is 4.90 Å². The summed E-state index contributed by atoms with van der Waals surface area (Å²) in [6.45, 7) is 9.65. The first-order valence-electron chi connectivity index (χ1n) is 12.4. The van der Waals surface area contributed by atoms with Crippen LogP contribution in [-0.4, -0.2) is 17.4 Å². The van der Waals surface area contributed by atoms with E-state index < -0.39 is 0 Å². The Morgan fingerprint density at radius 2 is 1.83 bits per heavy atom. The van der Waals surface area contributed by atoms with Crippen molar-refractivity contribution < 1.29 is 9.18 Å². The van der Waals surface area contributed by atoms with Gasteiger partial charge in [-0.15, -0.1) is 0 Å². The number of nitrogens with one attached hydrogen (secondary N) is 1. The summed E-state index contributed by atoms with van der Waals surface area (Å²) in [6, 6.07) is 20.8. The van der Waals surface area contributed by atoms with Crippen LogP contribution in [-0.2, 0) is 16.8 Å². The molecule has 4 nitrogen and oxygen atoms in total. The minimum absolute atomic E-state index is 0.00983. The zero-order chi connectivity index (χ0) is 25.2. The van der Waals surface area contributed by atoms with Crippen molar-refractivity contribution in [3.05, 3.63) is 94.8 Å². The number of aryl methyl sites for hydroxylation is 1. The summed E-state index contributed by atoms with van der Waals surface area (Å²) in [5.74, 6) is -0.503. The Hall–Kier alpha value is -3.18. The fourth-order valence-corrected chi connectivity index (χ4v) is 5.07. The largest absolute Gasteiger partial charge is 0.399 e. The zero-order valence-corrected chi connectivity index (χ0v) is 21.1. The van der Waals surface area contributed by atoms with Gasteiger partial charge in [-0.1, -0.05) is 57.2 Å². The summed E-state index contributed by atoms with van der Waals surface area (Å²) < 4.78 is 14.8. The summed E-state index contributed by atoms with van der Waals surface area (Å²) >= 11 is 0. The number of carbonyl (C=O) groups excluding carboxylic acids is 1. The molecule has 3 N–H and O–H groups in total. The molecule has 35 heavy (non-hydrogen) atoms. The Morgan fingerprint density at radius 1 is 1.09 bits per heavy atom. The van der Waals surface area contributed by atoms with Gasteiger partial charge in [-0.25, -0.2) is 4.39 Å². The number of hydrogen-bond donors (Lipinski definition) is 2. The summed E-state index contributed by atoms with van der Waals surface area (Å²) in [5.41, 5.74) is 11.3. The van der Waals surface area contributed by atoms with Crippen LogP contribution in [0, 0.1) is 18.7 Å². The van der Waals surface area contributed by atoms with Gasteiger partial charge in [0.1, 0.15) is 5.82 Å². The number of piperidine rings is 1.